The van der Waals surface area contributed by atoms with Crippen LogP contribution in [-0.4, -0.2) is 32.0 Å². The summed E-state index contributed by atoms with van der Waals surface area (Å²) in [5.74, 6) is 0.0774. The first-order chi connectivity index (χ1) is 7.98. The van der Waals surface area contributed by atoms with Crippen molar-refractivity contribution in [3.8, 4) is 0 Å². The molecule has 0 N–H and O–H groups in total. The number of sulfone groups is 1. The molecule has 0 radical (unpaired) electrons. The SMILES string of the molecule is Cc1occc1C(=O)O[C@@H]1CCCS(=O)(=O)C1. The highest BCUT2D eigenvalue weighted by molar-refractivity contribution is 7.91. The van der Waals surface area contributed by atoms with Gasteiger partial charge in [-0.3, -0.25) is 0 Å². The summed E-state index contributed by atoms with van der Waals surface area (Å²) in [6.45, 7) is 1.66. The van der Waals surface area contributed by atoms with E-state index in [1.165, 1.54) is 12.3 Å². The molecule has 6 heteroatoms. The summed E-state index contributed by atoms with van der Waals surface area (Å²) in [4.78, 5) is 11.7. The quantitative estimate of drug-likeness (QED) is 0.748. The van der Waals surface area contributed by atoms with Crippen LogP contribution in [-0.2, 0) is 14.6 Å². The number of rotatable bonds is 2. The molecule has 1 aromatic heterocycles. The lowest BCUT2D eigenvalue weighted by Crippen LogP contribution is -2.33. The van der Waals surface area contributed by atoms with Crippen molar-refractivity contribution in [3.63, 3.8) is 0 Å². The van der Waals surface area contributed by atoms with Crippen molar-refractivity contribution in [3.05, 3.63) is 23.7 Å². The van der Waals surface area contributed by atoms with Crippen molar-refractivity contribution < 1.29 is 22.4 Å². The summed E-state index contributed by atoms with van der Waals surface area (Å²) in [7, 11) is -3.06. The van der Waals surface area contributed by atoms with Gasteiger partial charge in [-0.15, -0.1) is 0 Å². The Morgan fingerprint density at radius 2 is 2.29 bits per heavy atom. The van der Waals surface area contributed by atoms with E-state index in [4.69, 9.17) is 9.15 Å². The Morgan fingerprint density at radius 1 is 1.53 bits per heavy atom. The van der Waals surface area contributed by atoms with Gasteiger partial charge in [-0.05, 0) is 25.8 Å². The van der Waals surface area contributed by atoms with Gasteiger partial charge in [0.05, 0.1) is 17.8 Å². The van der Waals surface area contributed by atoms with Gasteiger partial charge in [0.15, 0.2) is 9.84 Å². The third-order valence-corrected chi connectivity index (χ3v) is 4.56. The minimum absolute atomic E-state index is 0.0738. The van der Waals surface area contributed by atoms with Crippen LogP contribution in [0.1, 0.15) is 29.0 Å². The molecule has 0 aliphatic carbocycles. The first kappa shape index (κ1) is 12.2. The Hall–Kier alpha value is -1.30. The maximum Gasteiger partial charge on any atom is 0.341 e. The molecule has 0 spiro atoms. The summed E-state index contributed by atoms with van der Waals surface area (Å²) in [6.07, 6.45) is 2.02. The van der Waals surface area contributed by atoms with Gasteiger partial charge in [0, 0.05) is 0 Å². The van der Waals surface area contributed by atoms with Crippen LogP contribution in [0.25, 0.3) is 0 Å². The van der Waals surface area contributed by atoms with Crippen molar-refractivity contribution in [1.82, 2.24) is 0 Å². The highest BCUT2D eigenvalue weighted by atomic mass is 32.2. The molecule has 1 aliphatic rings. The number of hydrogen-bond acceptors (Lipinski definition) is 5. The van der Waals surface area contributed by atoms with Crippen LogP contribution < -0.4 is 0 Å². The Bertz CT molecular complexity index is 514. The number of carbonyl (C=O) groups excluding carboxylic acids is 1. The van der Waals surface area contributed by atoms with E-state index in [2.05, 4.69) is 0 Å². The summed E-state index contributed by atoms with van der Waals surface area (Å²) in [5, 5.41) is 0. The van der Waals surface area contributed by atoms with Gasteiger partial charge in [-0.1, -0.05) is 0 Å². The van der Waals surface area contributed by atoms with E-state index < -0.39 is 21.9 Å². The van der Waals surface area contributed by atoms with E-state index in [9.17, 15) is 13.2 Å². The van der Waals surface area contributed by atoms with Gasteiger partial charge in [0.2, 0.25) is 0 Å². The van der Waals surface area contributed by atoms with Crippen molar-refractivity contribution in [1.29, 1.82) is 0 Å². The fourth-order valence-electron chi connectivity index (χ4n) is 1.89. The average molecular weight is 258 g/mol. The van der Waals surface area contributed by atoms with Gasteiger partial charge in [-0.25, -0.2) is 13.2 Å². The fraction of sp³-hybridized carbons (Fsp3) is 0.545. The van der Waals surface area contributed by atoms with Crippen LogP contribution in [0, 0.1) is 6.92 Å². The topological polar surface area (TPSA) is 73.6 Å². The lowest BCUT2D eigenvalue weighted by Gasteiger charge is -2.21. The molecule has 17 heavy (non-hydrogen) atoms. The van der Waals surface area contributed by atoms with Crippen LogP contribution in [0.3, 0.4) is 0 Å². The maximum atomic E-state index is 11.7. The summed E-state index contributed by atoms with van der Waals surface area (Å²) >= 11 is 0. The third-order valence-electron chi connectivity index (χ3n) is 2.77. The van der Waals surface area contributed by atoms with E-state index in [1.54, 1.807) is 6.92 Å². The molecule has 5 nitrogen and oxygen atoms in total. The smallest absolute Gasteiger partial charge is 0.341 e. The molecule has 1 saturated heterocycles. The molecular weight excluding hydrogens is 244 g/mol. The summed E-state index contributed by atoms with van der Waals surface area (Å²) in [5.41, 5.74) is 0.355. The van der Waals surface area contributed by atoms with E-state index >= 15 is 0 Å². The predicted molar refractivity (Wildman–Crippen MR) is 60.5 cm³/mol. The van der Waals surface area contributed by atoms with Crippen molar-refractivity contribution >= 4 is 15.8 Å². The first-order valence-corrected chi connectivity index (χ1v) is 7.25. The predicted octanol–water partition coefficient (Wildman–Crippen LogP) is 1.32. The lowest BCUT2D eigenvalue weighted by molar-refractivity contribution is 0.0321. The number of esters is 1. The minimum atomic E-state index is -3.06. The molecular formula is C11H14O5S. The van der Waals surface area contributed by atoms with E-state index in [1.807, 2.05) is 0 Å². The van der Waals surface area contributed by atoms with E-state index in [-0.39, 0.29) is 11.5 Å². The standard InChI is InChI=1S/C11H14O5S/c1-8-10(4-5-15-8)11(12)16-9-3-2-6-17(13,14)7-9/h4-5,9H,2-3,6-7H2,1H3/t9-/m1/s1. The number of carbonyl (C=O) groups is 1. The number of hydrogen-bond donors (Lipinski definition) is 0. The maximum absolute atomic E-state index is 11.7. The zero-order valence-corrected chi connectivity index (χ0v) is 10.3. The normalized spacial score (nSPS) is 23.2. The number of furan rings is 1. The fourth-order valence-corrected chi connectivity index (χ4v) is 3.46. The third kappa shape index (κ3) is 2.88. The van der Waals surface area contributed by atoms with Crippen LogP contribution >= 0.6 is 0 Å². The van der Waals surface area contributed by atoms with Crippen molar-refractivity contribution in [2.45, 2.75) is 25.9 Å². The highest BCUT2D eigenvalue weighted by Gasteiger charge is 2.28. The molecule has 0 aromatic carbocycles. The largest absolute Gasteiger partial charge is 0.469 e. The second kappa shape index (κ2) is 4.52. The summed E-state index contributed by atoms with van der Waals surface area (Å²) < 4.78 is 32.9. The van der Waals surface area contributed by atoms with Gasteiger partial charge >= 0.3 is 5.97 Å². The zero-order chi connectivity index (χ0) is 12.5. The Morgan fingerprint density at radius 3 is 2.88 bits per heavy atom. The van der Waals surface area contributed by atoms with Gasteiger partial charge < -0.3 is 9.15 Å². The van der Waals surface area contributed by atoms with E-state index in [0.717, 1.165) is 0 Å². The Labute approximate surface area is 99.7 Å². The van der Waals surface area contributed by atoms with Gasteiger partial charge in [-0.2, -0.15) is 0 Å². The molecule has 0 amide bonds. The minimum Gasteiger partial charge on any atom is -0.469 e. The molecule has 1 aliphatic heterocycles. The second-order valence-electron chi connectivity index (χ2n) is 4.17. The molecule has 0 saturated carbocycles. The summed E-state index contributed by atoms with van der Waals surface area (Å²) in [6, 6.07) is 1.52. The van der Waals surface area contributed by atoms with Crippen LogP contribution in [0.15, 0.2) is 16.7 Å². The number of ether oxygens (including phenoxy) is 1. The lowest BCUT2D eigenvalue weighted by atomic mass is 10.2. The molecule has 1 aromatic rings. The van der Waals surface area contributed by atoms with Gasteiger partial charge in [0.1, 0.15) is 17.4 Å². The molecule has 94 valence electrons. The Kier molecular flexibility index (Phi) is 3.24. The monoisotopic (exact) mass is 258 g/mol. The zero-order valence-electron chi connectivity index (χ0n) is 9.51. The van der Waals surface area contributed by atoms with Crippen molar-refractivity contribution in [2.75, 3.05) is 11.5 Å². The Balaban J connectivity index is 2.02. The molecule has 2 heterocycles. The molecule has 1 atom stereocenters. The highest BCUT2D eigenvalue weighted by Crippen LogP contribution is 2.18. The molecule has 1 fully saturated rings. The number of aryl methyl sites for hydroxylation is 1. The molecule has 0 bridgehead atoms. The first-order valence-electron chi connectivity index (χ1n) is 5.43. The van der Waals surface area contributed by atoms with Crippen LogP contribution in [0.2, 0.25) is 0 Å². The van der Waals surface area contributed by atoms with Crippen molar-refractivity contribution in [2.24, 2.45) is 0 Å². The second-order valence-corrected chi connectivity index (χ2v) is 6.40. The molecule has 0 unspecified atom stereocenters. The average Bonchev–Trinajstić information content (AvgIpc) is 2.62. The van der Waals surface area contributed by atoms with Crippen LogP contribution in [0.4, 0.5) is 0 Å². The molecule has 2 rings (SSSR count). The van der Waals surface area contributed by atoms with Gasteiger partial charge in [0.25, 0.3) is 0 Å². The van der Waals surface area contributed by atoms with E-state index in [0.29, 0.717) is 24.2 Å². The van der Waals surface area contributed by atoms with Crippen LogP contribution in [0.5, 0.6) is 0 Å².